The van der Waals surface area contributed by atoms with Gasteiger partial charge in [-0.05, 0) is 63.0 Å². The highest BCUT2D eigenvalue weighted by Gasteiger charge is 2.21. The predicted molar refractivity (Wildman–Crippen MR) is 132 cm³/mol. The summed E-state index contributed by atoms with van der Waals surface area (Å²) in [7, 11) is 0. The quantitative estimate of drug-likeness (QED) is 0.246. The first-order valence-electron chi connectivity index (χ1n) is 9.97. The third-order valence-corrected chi connectivity index (χ3v) is 7.47. The van der Waals surface area contributed by atoms with Crippen molar-refractivity contribution < 1.29 is 0 Å². The lowest BCUT2D eigenvalue weighted by molar-refractivity contribution is 1.39. The van der Waals surface area contributed by atoms with E-state index >= 15 is 0 Å². The first kappa shape index (κ1) is 18.0. The Morgan fingerprint density at radius 1 is 0.533 bits per heavy atom. The van der Waals surface area contributed by atoms with Crippen molar-refractivity contribution in [2.75, 3.05) is 0 Å². The maximum Gasteiger partial charge on any atom is 0.0279 e. The predicted octanol–water partition coefficient (Wildman–Crippen LogP) is 9.07. The molecule has 0 unspecified atom stereocenters. The van der Waals surface area contributed by atoms with E-state index in [4.69, 9.17) is 0 Å². The van der Waals surface area contributed by atoms with Crippen LogP contribution in [0.25, 0.3) is 44.2 Å². The summed E-state index contributed by atoms with van der Waals surface area (Å²) in [6, 6.07) is 37.3. The molecule has 0 saturated carbocycles. The van der Waals surface area contributed by atoms with Gasteiger partial charge in [0.25, 0.3) is 0 Å². The maximum atomic E-state index is 3.53. The van der Waals surface area contributed by atoms with Gasteiger partial charge >= 0.3 is 0 Å². The van der Waals surface area contributed by atoms with E-state index in [1.807, 2.05) is 11.8 Å². The Balaban J connectivity index is 1.54. The SMILES string of the molecule is Brc1ccc(-c2cccc(-c3cccc4c3Sc3cccc5cccc-4c35)c2)cc1. The molecule has 0 fully saturated rings. The molecule has 2 heteroatoms. The molecule has 30 heavy (non-hydrogen) atoms. The number of halogens is 1. The second-order valence-electron chi connectivity index (χ2n) is 7.53. The highest BCUT2D eigenvalue weighted by molar-refractivity contribution is 9.10. The van der Waals surface area contributed by atoms with Gasteiger partial charge in [0.2, 0.25) is 0 Å². The van der Waals surface area contributed by atoms with Crippen molar-refractivity contribution in [3.8, 4) is 33.4 Å². The standard InChI is InChI=1S/C28H17BrS/c29-22-15-13-18(14-16-22)20-7-1-8-21(17-20)23-9-4-11-25-24-10-2-5-19-6-3-12-26(27(19)24)30-28(23)25/h1-17H. The van der Waals surface area contributed by atoms with Gasteiger partial charge in [0.15, 0.2) is 0 Å². The largest absolute Gasteiger partial charge is 0.0881 e. The normalized spacial score (nSPS) is 12.0. The van der Waals surface area contributed by atoms with Crippen molar-refractivity contribution in [2.24, 2.45) is 0 Å². The summed E-state index contributed by atoms with van der Waals surface area (Å²) in [6.45, 7) is 0. The molecular formula is C28H17BrS. The molecule has 0 atom stereocenters. The topological polar surface area (TPSA) is 0 Å². The van der Waals surface area contributed by atoms with Crippen molar-refractivity contribution in [1.82, 2.24) is 0 Å². The van der Waals surface area contributed by atoms with Gasteiger partial charge in [-0.2, -0.15) is 0 Å². The average molecular weight is 465 g/mol. The van der Waals surface area contributed by atoms with Crippen molar-refractivity contribution in [1.29, 1.82) is 0 Å². The van der Waals surface area contributed by atoms with E-state index in [0.29, 0.717) is 0 Å². The molecule has 6 rings (SSSR count). The minimum absolute atomic E-state index is 1.10. The Hall–Kier alpha value is -2.81. The smallest absolute Gasteiger partial charge is 0.0279 e. The molecule has 1 aliphatic rings. The summed E-state index contributed by atoms with van der Waals surface area (Å²) >= 11 is 5.43. The molecule has 0 nitrogen and oxygen atoms in total. The second-order valence-corrected chi connectivity index (χ2v) is 9.50. The Labute approximate surface area is 188 Å². The second kappa shape index (κ2) is 7.16. The fourth-order valence-electron chi connectivity index (χ4n) is 4.32. The molecule has 0 spiro atoms. The first-order valence-corrected chi connectivity index (χ1v) is 11.6. The van der Waals surface area contributed by atoms with Gasteiger partial charge in [-0.3, -0.25) is 0 Å². The van der Waals surface area contributed by atoms with E-state index in [-0.39, 0.29) is 0 Å². The van der Waals surface area contributed by atoms with Crippen molar-refractivity contribution in [3.63, 3.8) is 0 Å². The minimum Gasteiger partial charge on any atom is -0.0881 e. The summed E-state index contributed by atoms with van der Waals surface area (Å²) in [6.07, 6.45) is 0. The van der Waals surface area contributed by atoms with E-state index in [0.717, 1.165) is 4.47 Å². The number of hydrogen-bond acceptors (Lipinski definition) is 1. The van der Waals surface area contributed by atoms with Crippen LogP contribution in [0.2, 0.25) is 0 Å². The summed E-state index contributed by atoms with van der Waals surface area (Å²) < 4.78 is 1.10. The molecule has 0 radical (unpaired) electrons. The van der Waals surface area contributed by atoms with Gasteiger partial charge in [0, 0.05) is 19.6 Å². The van der Waals surface area contributed by atoms with Crippen LogP contribution in [0.4, 0.5) is 0 Å². The van der Waals surface area contributed by atoms with Gasteiger partial charge in [-0.1, -0.05) is 107 Å². The lowest BCUT2D eigenvalue weighted by Gasteiger charge is -2.23. The van der Waals surface area contributed by atoms with Gasteiger partial charge < -0.3 is 0 Å². The fraction of sp³-hybridized carbons (Fsp3) is 0. The van der Waals surface area contributed by atoms with Crippen LogP contribution in [0.15, 0.2) is 117 Å². The Morgan fingerprint density at radius 2 is 1.20 bits per heavy atom. The lowest BCUT2D eigenvalue weighted by Crippen LogP contribution is -1.95. The van der Waals surface area contributed by atoms with Crippen LogP contribution in [-0.2, 0) is 0 Å². The van der Waals surface area contributed by atoms with E-state index in [9.17, 15) is 0 Å². The third-order valence-electron chi connectivity index (χ3n) is 5.73. The number of rotatable bonds is 2. The third kappa shape index (κ3) is 2.91. The van der Waals surface area contributed by atoms with E-state index in [1.165, 1.54) is 53.9 Å². The minimum atomic E-state index is 1.10. The van der Waals surface area contributed by atoms with E-state index in [2.05, 4.69) is 119 Å². The zero-order valence-corrected chi connectivity index (χ0v) is 18.5. The molecule has 5 aromatic carbocycles. The summed E-state index contributed by atoms with van der Waals surface area (Å²) in [4.78, 5) is 2.68. The monoisotopic (exact) mass is 464 g/mol. The molecule has 0 aliphatic carbocycles. The summed E-state index contributed by atoms with van der Waals surface area (Å²) in [5.74, 6) is 0. The Morgan fingerprint density at radius 3 is 2.07 bits per heavy atom. The Bertz CT molecular complexity index is 1410. The fourth-order valence-corrected chi connectivity index (χ4v) is 5.87. The van der Waals surface area contributed by atoms with E-state index in [1.54, 1.807) is 0 Å². The van der Waals surface area contributed by atoms with Gasteiger partial charge in [0.1, 0.15) is 0 Å². The summed E-state index contributed by atoms with van der Waals surface area (Å²) in [5.41, 5.74) is 7.68. The van der Waals surface area contributed by atoms with Crippen LogP contribution in [-0.4, -0.2) is 0 Å². The van der Waals surface area contributed by atoms with Crippen LogP contribution in [0, 0.1) is 0 Å². The maximum absolute atomic E-state index is 3.53. The molecule has 0 bridgehead atoms. The number of benzene rings is 5. The molecule has 1 aliphatic heterocycles. The van der Waals surface area contributed by atoms with Crippen LogP contribution < -0.4 is 0 Å². The van der Waals surface area contributed by atoms with Crippen LogP contribution in [0.1, 0.15) is 0 Å². The molecule has 5 aromatic rings. The molecule has 0 saturated heterocycles. The summed E-state index contributed by atoms with van der Waals surface area (Å²) in [5, 5.41) is 2.68. The van der Waals surface area contributed by atoms with Gasteiger partial charge in [-0.25, -0.2) is 0 Å². The molecule has 0 aromatic heterocycles. The average Bonchev–Trinajstić information content (AvgIpc) is 2.80. The molecule has 1 heterocycles. The van der Waals surface area contributed by atoms with Gasteiger partial charge in [-0.15, -0.1) is 0 Å². The van der Waals surface area contributed by atoms with Crippen LogP contribution in [0.5, 0.6) is 0 Å². The van der Waals surface area contributed by atoms with E-state index < -0.39 is 0 Å². The van der Waals surface area contributed by atoms with Gasteiger partial charge in [0.05, 0.1) is 0 Å². The zero-order valence-electron chi connectivity index (χ0n) is 16.1. The molecule has 0 amide bonds. The molecule has 142 valence electrons. The number of hydrogen-bond donors (Lipinski definition) is 0. The lowest BCUT2D eigenvalue weighted by atomic mass is 9.93. The number of fused-ring (bicyclic) bond motifs is 2. The first-order chi connectivity index (χ1) is 14.8. The highest BCUT2D eigenvalue weighted by atomic mass is 79.9. The van der Waals surface area contributed by atoms with Crippen molar-refractivity contribution in [2.45, 2.75) is 9.79 Å². The molecular weight excluding hydrogens is 448 g/mol. The van der Waals surface area contributed by atoms with Crippen molar-refractivity contribution >= 4 is 38.5 Å². The van der Waals surface area contributed by atoms with Crippen LogP contribution >= 0.6 is 27.7 Å². The van der Waals surface area contributed by atoms with Crippen LogP contribution in [0.3, 0.4) is 0 Å². The molecule has 0 N–H and O–H groups in total. The Kier molecular flexibility index (Phi) is 4.29. The van der Waals surface area contributed by atoms with Crippen molar-refractivity contribution in [3.05, 3.63) is 108 Å². The highest BCUT2D eigenvalue weighted by Crippen LogP contribution is 2.51. The zero-order chi connectivity index (χ0) is 20.1.